The van der Waals surface area contributed by atoms with Crippen LogP contribution in [-0.2, 0) is 30.0 Å². The summed E-state index contributed by atoms with van der Waals surface area (Å²) in [7, 11) is 8.96. The summed E-state index contributed by atoms with van der Waals surface area (Å²) in [6.07, 6.45) is 3.24. The molecule has 2 radical (unpaired) electrons. The van der Waals surface area contributed by atoms with Gasteiger partial charge in [0, 0.05) is 34.3 Å². The maximum atomic E-state index is 9.00. The number of hydrogen-bond acceptors (Lipinski definition) is 4. The molecule has 0 amide bonds. The number of carbonyl (C=O) groups is 2. The first-order valence-electron chi connectivity index (χ1n) is 4.88. The summed E-state index contributed by atoms with van der Waals surface area (Å²) in [5.74, 6) is -1.67. The molecule has 4 N–H and O–H groups in total. The molecule has 0 rings (SSSR count). The summed E-state index contributed by atoms with van der Waals surface area (Å²) in [6.45, 7) is 4.28. The van der Waals surface area contributed by atoms with E-state index in [-0.39, 0.29) is 25.9 Å². The molecule has 0 aromatic heterocycles. The van der Waals surface area contributed by atoms with Gasteiger partial charge in [0.25, 0.3) is 11.9 Å². The van der Waals surface area contributed by atoms with Crippen LogP contribution in [0.4, 0.5) is 0 Å². The Morgan fingerprint density at radius 2 is 1.37 bits per heavy atom. The van der Waals surface area contributed by atoms with E-state index in [1.165, 1.54) is 0 Å². The number of rotatable bonds is 5. The van der Waals surface area contributed by atoms with Crippen molar-refractivity contribution in [2.75, 3.05) is 6.16 Å². The molecule has 19 heavy (non-hydrogen) atoms. The average Bonchev–Trinajstić information content (AvgIpc) is 2.18. The minimum Gasteiger partial charge on any atom is 0 e. The van der Waals surface area contributed by atoms with Crippen molar-refractivity contribution in [3.05, 3.63) is 0 Å². The van der Waals surface area contributed by atoms with Crippen molar-refractivity contribution >= 4 is 35.4 Å². The normalized spacial score (nSPS) is 7.05. The van der Waals surface area contributed by atoms with Gasteiger partial charge in [-0.2, -0.15) is 0 Å². The van der Waals surface area contributed by atoms with Crippen molar-refractivity contribution in [1.29, 1.82) is 0 Å². The standard InChI is InChI=1S/C4H9B2N2P.2C2H4O2.H2O.Pd/c1-2-3-4-9(7-5)8-6;2*1-2(3)4;;/h2-4H2,1H3;2*1H3,(H,3,4);1H2;/p+1. The Morgan fingerprint density at radius 3 is 1.53 bits per heavy atom. The van der Waals surface area contributed by atoms with Crippen LogP contribution in [0, 0.1) is 0 Å². The van der Waals surface area contributed by atoms with Gasteiger partial charge < -0.3 is 15.7 Å². The number of aliphatic carboxylic acids is 2. The van der Waals surface area contributed by atoms with Crippen molar-refractivity contribution < 1.29 is 45.7 Å². The van der Waals surface area contributed by atoms with Crippen LogP contribution in [0.15, 0.2) is 9.33 Å². The molecule has 0 aliphatic rings. The number of unbranched alkanes of at least 4 members (excludes halogenated alkanes) is 1. The third kappa shape index (κ3) is 73.5. The second kappa shape index (κ2) is 26.3. The zero-order valence-corrected chi connectivity index (χ0v) is 13.8. The fourth-order valence-corrected chi connectivity index (χ4v) is 1.49. The molecule has 0 aliphatic heterocycles. The second-order valence-electron chi connectivity index (χ2n) is 2.82. The van der Waals surface area contributed by atoms with Gasteiger partial charge in [-0.25, -0.2) is 0 Å². The molecule has 112 valence electrons. The maximum Gasteiger partial charge on any atom is 0 e. The molecule has 0 fully saturated rings. The molecule has 0 unspecified atom stereocenters. The fourth-order valence-electron chi connectivity index (χ4n) is 0.497. The molecule has 0 aliphatic carbocycles. The van der Waals surface area contributed by atoms with E-state index in [1.807, 2.05) is 0 Å². The Bertz CT molecular complexity index is 221. The first-order valence-corrected chi connectivity index (χ1v) is 6.48. The summed E-state index contributed by atoms with van der Waals surface area (Å²) in [6, 6.07) is 0. The van der Waals surface area contributed by atoms with Crippen molar-refractivity contribution in [3.8, 4) is 0 Å². The van der Waals surface area contributed by atoms with Crippen molar-refractivity contribution in [2.24, 2.45) is 9.33 Å². The summed E-state index contributed by atoms with van der Waals surface area (Å²) in [4.78, 5) is 18.0. The zero-order valence-electron chi connectivity index (χ0n) is 11.2. The van der Waals surface area contributed by atoms with E-state index in [4.69, 9.17) is 35.1 Å². The minimum absolute atomic E-state index is 0. The van der Waals surface area contributed by atoms with Crippen molar-refractivity contribution in [3.63, 3.8) is 0 Å². The molecule has 0 saturated heterocycles. The number of nitrogens with zero attached hydrogens (tertiary/aromatic N) is 2. The molecular formula is C8H20B2N2O5PPd+. The SMILES string of the molecule is CC(=O)O.CC(=O)O.O.[B]=N[PH+](CCCC)N=[B].[Pd]. The largest absolute Gasteiger partial charge is 0 e. The smallest absolute Gasteiger partial charge is 0 e. The molecular weight excluding hydrogens is 363 g/mol. The Hall–Kier alpha value is -0.278. The number of carboxylic acid groups (broad SMARTS) is 2. The average molecular weight is 383 g/mol. The van der Waals surface area contributed by atoms with Crippen LogP contribution >= 0.6 is 8.22 Å². The predicted octanol–water partition coefficient (Wildman–Crippen LogP) is 0.889. The predicted molar refractivity (Wildman–Crippen MR) is 74.7 cm³/mol. The zero-order chi connectivity index (χ0) is 14.3. The molecule has 0 aromatic rings. The van der Waals surface area contributed by atoms with E-state index in [9.17, 15) is 0 Å². The van der Waals surface area contributed by atoms with Gasteiger partial charge in [-0.1, -0.05) is 0 Å². The van der Waals surface area contributed by atoms with E-state index in [2.05, 4.69) is 16.3 Å². The van der Waals surface area contributed by atoms with Crippen molar-refractivity contribution in [2.45, 2.75) is 33.6 Å². The molecule has 11 heteroatoms. The van der Waals surface area contributed by atoms with Gasteiger partial charge in [0.1, 0.15) is 0 Å². The van der Waals surface area contributed by atoms with Crippen LogP contribution in [0.25, 0.3) is 0 Å². The first-order chi connectivity index (χ1) is 7.81. The molecule has 0 heterocycles. The first kappa shape index (κ1) is 31.2. The molecule has 0 saturated carbocycles. The summed E-state index contributed by atoms with van der Waals surface area (Å²) >= 11 is 0. The van der Waals surface area contributed by atoms with Crippen LogP contribution in [-0.4, -0.2) is 49.1 Å². The monoisotopic (exact) mass is 383 g/mol. The van der Waals surface area contributed by atoms with E-state index < -0.39 is 20.2 Å². The van der Waals surface area contributed by atoms with Crippen LogP contribution in [0.2, 0.25) is 0 Å². The third-order valence-corrected chi connectivity index (χ3v) is 2.45. The summed E-state index contributed by atoms with van der Waals surface area (Å²) < 4.78 is 7.11. The van der Waals surface area contributed by atoms with Gasteiger partial charge in [-0.15, -0.1) is 0 Å². The van der Waals surface area contributed by atoms with Gasteiger partial charge in [0.15, 0.2) is 0 Å². The summed E-state index contributed by atoms with van der Waals surface area (Å²) in [5.41, 5.74) is 0. The van der Waals surface area contributed by atoms with Gasteiger partial charge in [0.05, 0.1) is 0 Å². The van der Waals surface area contributed by atoms with Crippen LogP contribution in [0.1, 0.15) is 33.6 Å². The third-order valence-electron chi connectivity index (χ3n) is 1.05. The quantitative estimate of drug-likeness (QED) is 0.539. The van der Waals surface area contributed by atoms with Gasteiger partial charge >= 0.3 is 58.8 Å². The maximum absolute atomic E-state index is 9.00. The molecule has 0 atom stereocenters. The van der Waals surface area contributed by atoms with E-state index in [0.717, 1.165) is 32.9 Å². The topological polar surface area (TPSA) is 131 Å². The van der Waals surface area contributed by atoms with Crippen LogP contribution in [0.5, 0.6) is 0 Å². The van der Waals surface area contributed by atoms with Crippen molar-refractivity contribution in [1.82, 2.24) is 0 Å². The summed E-state index contributed by atoms with van der Waals surface area (Å²) in [5, 5.41) is 14.8. The van der Waals surface area contributed by atoms with Gasteiger partial charge in [-0.3, -0.25) is 9.59 Å². The molecule has 7 nitrogen and oxygen atoms in total. The minimum atomic E-state index is -1.08. The van der Waals surface area contributed by atoms with Gasteiger partial charge in [0.2, 0.25) is 0 Å². The molecule has 0 spiro atoms. The van der Waals surface area contributed by atoms with E-state index in [1.54, 1.807) is 0 Å². The second-order valence-corrected chi connectivity index (χ2v) is 4.66. The number of hydrogen-bond donors (Lipinski definition) is 2. The van der Waals surface area contributed by atoms with E-state index in [0.29, 0.717) is 0 Å². The Morgan fingerprint density at radius 1 is 1.11 bits per heavy atom. The Balaban J connectivity index is -0.0000000560. The Kier molecular flexibility index (Phi) is 43.3. The molecule has 0 bridgehead atoms. The molecule has 0 aromatic carbocycles. The van der Waals surface area contributed by atoms with Gasteiger partial charge in [-0.05, 0) is 0 Å². The van der Waals surface area contributed by atoms with E-state index >= 15 is 0 Å². The Labute approximate surface area is 130 Å². The number of carboxylic acids is 2. The van der Waals surface area contributed by atoms with Crippen LogP contribution in [0.3, 0.4) is 0 Å². The van der Waals surface area contributed by atoms with Crippen LogP contribution < -0.4 is 0 Å². The fraction of sp³-hybridized carbons (Fsp3) is 0.750.